The molecule has 1 aromatic carbocycles. The minimum absolute atomic E-state index is 1.18. The van der Waals surface area contributed by atoms with E-state index in [9.17, 15) is 0 Å². The summed E-state index contributed by atoms with van der Waals surface area (Å²) in [6.45, 7) is 5.74. The van der Waals surface area contributed by atoms with E-state index in [0.29, 0.717) is 0 Å². The van der Waals surface area contributed by atoms with Crippen LogP contribution in [-0.4, -0.2) is 0 Å². The smallest absolute Gasteiger partial charge is 0.0262 e. The summed E-state index contributed by atoms with van der Waals surface area (Å²) < 4.78 is 0. The first-order valence-corrected chi connectivity index (χ1v) is 3.35. The van der Waals surface area contributed by atoms with Gasteiger partial charge in [-0.05, 0) is 12.5 Å². The van der Waals surface area contributed by atoms with E-state index in [1.165, 1.54) is 11.1 Å². The maximum atomic E-state index is 4.00. The van der Waals surface area contributed by atoms with E-state index in [2.05, 4.69) is 50.6 Å². The summed E-state index contributed by atoms with van der Waals surface area (Å²) in [4.78, 5) is 0. The van der Waals surface area contributed by atoms with E-state index < -0.39 is 0 Å². The standard InChI is InChI=1S/C9H10.C2H2/c1-3-9-6-4-8(2)5-7-9;1-2/h3-7H,1H2,2H3;1-2H. The second-order valence-electron chi connectivity index (χ2n) is 2.11. The van der Waals surface area contributed by atoms with Gasteiger partial charge in [-0.15, -0.1) is 12.8 Å². The zero-order valence-corrected chi connectivity index (χ0v) is 6.75. The van der Waals surface area contributed by atoms with Gasteiger partial charge in [-0.25, -0.2) is 0 Å². The third-order valence-electron chi connectivity index (χ3n) is 1.31. The molecular formula is C11H12. The Balaban J connectivity index is 0.000000461. The van der Waals surface area contributed by atoms with E-state index in [4.69, 9.17) is 0 Å². The fourth-order valence-electron chi connectivity index (χ4n) is 0.703. The van der Waals surface area contributed by atoms with Gasteiger partial charge in [-0.3, -0.25) is 0 Å². The van der Waals surface area contributed by atoms with Gasteiger partial charge >= 0.3 is 0 Å². The molecule has 0 nitrogen and oxygen atoms in total. The Kier molecular flexibility index (Phi) is 4.60. The molecule has 0 heteroatoms. The van der Waals surface area contributed by atoms with Gasteiger partial charge in [0.05, 0.1) is 0 Å². The summed E-state index contributed by atoms with van der Waals surface area (Å²) in [5.74, 6) is 0. The quantitative estimate of drug-likeness (QED) is 0.532. The van der Waals surface area contributed by atoms with Crippen molar-refractivity contribution < 1.29 is 0 Å². The zero-order valence-electron chi connectivity index (χ0n) is 6.75. The third kappa shape index (κ3) is 3.27. The maximum Gasteiger partial charge on any atom is -0.0262 e. The molecule has 0 N–H and O–H groups in total. The van der Waals surface area contributed by atoms with Gasteiger partial charge in [-0.2, -0.15) is 0 Å². The second-order valence-corrected chi connectivity index (χ2v) is 2.11. The van der Waals surface area contributed by atoms with Crippen LogP contribution in [0.1, 0.15) is 11.1 Å². The summed E-state index contributed by atoms with van der Waals surface area (Å²) in [6.07, 6.45) is 9.85. The van der Waals surface area contributed by atoms with Gasteiger partial charge < -0.3 is 0 Å². The number of benzene rings is 1. The van der Waals surface area contributed by atoms with E-state index in [0.717, 1.165) is 0 Å². The Morgan fingerprint density at radius 1 is 1.18 bits per heavy atom. The van der Waals surface area contributed by atoms with Gasteiger partial charge in [0.15, 0.2) is 0 Å². The lowest BCUT2D eigenvalue weighted by molar-refractivity contribution is 1.46. The van der Waals surface area contributed by atoms with E-state index in [-0.39, 0.29) is 0 Å². The summed E-state index contributed by atoms with van der Waals surface area (Å²) in [7, 11) is 0. The van der Waals surface area contributed by atoms with Crippen molar-refractivity contribution in [2.75, 3.05) is 0 Å². The van der Waals surface area contributed by atoms with Crippen molar-refractivity contribution in [3.8, 4) is 12.8 Å². The van der Waals surface area contributed by atoms with E-state index in [1.807, 2.05) is 6.08 Å². The highest BCUT2D eigenvalue weighted by atomic mass is 13.9. The van der Waals surface area contributed by atoms with E-state index in [1.54, 1.807) is 0 Å². The molecule has 0 spiro atoms. The average Bonchev–Trinajstić information content (AvgIpc) is 2.10. The molecule has 0 saturated heterocycles. The van der Waals surface area contributed by atoms with Gasteiger partial charge in [0.2, 0.25) is 0 Å². The van der Waals surface area contributed by atoms with Gasteiger partial charge in [0.1, 0.15) is 0 Å². The molecule has 11 heavy (non-hydrogen) atoms. The molecule has 0 aromatic heterocycles. The number of hydrogen-bond acceptors (Lipinski definition) is 0. The van der Waals surface area contributed by atoms with Gasteiger partial charge in [0.25, 0.3) is 0 Å². The molecule has 1 rings (SSSR count). The SMILES string of the molecule is C#C.C=Cc1ccc(C)cc1. The second kappa shape index (κ2) is 5.32. The minimum Gasteiger partial charge on any atom is -0.124 e. The van der Waals surface area contributed by atoms with Gasteiger partial charge in [-0.1, -0.05) is 42.5 Å². The number of rotatable bonds is 1. The van der Waals surface area contributed by atoms with Crippen molar-refractivity contribution in [3.05, 3.63) is 42.0 Å². The molecular weight excluding hydrogens is 132 g/mol. The minimum atomic E-state index is 1.18. The molecule has 0 fully saturated rings. The van der Waals surface area contributed by atoms with Crippen LogP contribution in [0, 0.1) is 19.8 Å². The lowest BCUT2D eigenvalue weighted by Crippen LogP contribution is -1.71. The number of aryl methyl sites for hydroxylation is 1. The highest BCUT2D eigenvalue weighted by Gasteiger charge is 1.82. The lowest BCUT2D eigenvalue weighted by Gasteiger charge is -1.91. The Morgan fingerprint density at radius 2 is 1.64 bits per heavy atom. The largest absolute Gasteiger partial charge is 0.124 e. The van der Waals surface area contributed by atoms with Crippen LogP contribution in [0.4, 0.5) is 0 Å². The summed E-state index contributed by atoms with van der Waals surface area (Å²) in [6, 6.07) is 8.28. The Bertz CT molecular complexity index is 226. The van der Waals surface area contributed by atoms with Crippen molar-refractivity contribution in [1.29, 1.82) is 0 Å². The van der Waals surface area contributed by atoms with Crippen molar-refractivity contribution in [2.45, 2.75) is 6.92 Å². The van der Waals surface area contributed by atoms with Crippen molar-refractivity contribution in [1.82, 2.24) is 0 Å². The van der Waals surface area contributed by atoms with Crippen LogP contribution in [0.25, 0.3) is 6.08 Å². The van der Waals surface area contributed by atoms with Crippen molar-refractivity contribution in [3.63, 3.8) is 0 Å². The van der Waals surface area contributed by atoms with Crippen molar-refractivity contribution in [2.24, 2.45) is 0 Å². The normalized spacial score (nSPS) is 7.55. The monoisotopic (exact) mass is 144 g/mol. The lowest BCUT2D eigenvalue weighted by atomic mass is 10.2. The van der Waals surface area contributed by atoms with Crippen LogP contribution in [0.5, 0.6) is 0 Å². The van der Waals surface area contributed by atoms with Crippen molar-refractivity contribution >= 4 is 6.08 Å². The fraction of sp³-hybridized carbons (Fsp3) is 0.0909. The first-order chi connectivity index (χ1) is 5.33. The maximum absolute atomic E-state index is 4.00. The molecule has 0 aliphatic rings. The van der Waals surface area contributed by atoms with Gasteiger partial charge in [0, 0.05) is 0 Å². The molecule has 1 aromatic rings. The predicted octanol–water partition coefficient (Wildman–Crippen LogP) is 2.89. The molecule has 0 aliphatic heterocycles. The van der Waals surface area contributed by atoms with Crippen LogP contribution >= 0.6 is 0 Å². The predicted molar refractivity (Wildman–Crippen MR) is 51.2 cm³/mol. The van der Waals surface area contributed by atoms with Crippen LogP contribution in [0.2, 0.25) is 0 Å². The Labute approximate surface area is 68.6 Å². The molecule has 0 bridgehead atoms. The van der Waals surface area contributed by atoms with Crippen LogP contribution < -0.4 is 0 Å². The fourth-order valence-corrected chi connectivity index (χ4v) is 0.703. The molecule has 0 radical (unpaired) electrons. The molecule has 0 unspecified atom stereocenters. The molecule has 0 heterocycles. The third-order valence-corrected chi connectivity index (χ3v) is 1.31. The topological polar surface area (TPSA) is 0 Å². The van der Waals surface area contributed by atoms with Crippen LogP contribution in [-0.2, 0) is 0 Å². The molecule has 0 amide bonds. The number of terminal acetylenes is 1. The molecule has 0 atom stereocenters. The van der Waals surface area contributed by atoms with Crippen LogP contribution in [0.3, 0.4) is 0 Å². The summed E-state index contributed by atoms with van der Waals surface area (Å²) in [5.41, 5.74) is 2.47. The molecule has 0 aliphatic carbocycles. The molecule has 56 valence electrons. The number of hydrogen-bond donors (Lipinski definition) is 0. The Morgan fingerprint density at radius 3 is 2.00 bits per heavy atom. The average molecular weight is 144 g/mol. The van der Waals surface area contributed by atoms with E-state index >= 15 is 0 Å². The summed E-state index contributed by atoms with van der Waals surface area (Å²) in [5, 5.41) is 0. The molecule has 0 saturated carbocycles. The first kappa shape index (κ1) is 9.52. The summed E-state index contributed by atoms with van der Waals surface area (Å²) >= 11 is 0. The first-order valence-electron chi connectivity index (χ1n) is 3.35. The zero-order chi connectivity index (χ0) is 8.69. The highest BCUT2D eigenvalue weighted by Crippen LogP contribution is 2.02. The highest BCUT2D eigenvalue weighted by molar-refractivity contribution is 5.46. The van der Waals surface area contributed by atoms with Crippen LogP contribution in [0.15, 0.2) is 30.8 Å². The Hall–Kier alpha value is -1.48.